The Labute approximate surface area is 84.4 Å². The molecule has 0 spiro atoms. The average Bonchev–Trinajstić information content (AvgIpc) is 2.30. The summed E-state index contributed by atoms with van der Waals surface area (Å²) in [4.78, 5) is 5.30. The van der Waals surface area contributed by atoms with Gasteiger partial charge < -0.3 is 14.5 Å². The van der Waals surface area contributed by atoms with E-state index in [0.29, 0.717) is 6.04 Å². The number of aromatic nitrogens is 2. The van der Waals surface area contributed by atoms with Gasteiger partial charge in [-0.25, -0.2) is 0 Å². The standard InChI is InChI=1S/C9H17N3S/c1-7-5-12(9(13)10-7)6-8(2)11(3)4/h5,8H,6H2,1-4H3,(H,10,13). The molecule has 1 unspecified atom stereocenters. The number of imidazole rings is 1. The van der Waals surface area contributed by atoms with Crippen LogP contribution in [0.25, 0.3) is 0 Å². The molecule has 0 fully saturated rings. The monoisotopic (exact) mass is 199 g/mol. The Balaban J connectivity index is 2.74. The molecule has 1 aromatic heterocycles. The summed E-state index contributed by atoms with van der Waals surface area (Å²) in [5, 5.41) is 0. The number of hydrogen-bond acceptors (Lipinski definition) is 2. The summed E-state index contributed by atoms with van der Waals surface area (Å²) < 4.78 is 2.89. The van der Waals surface area contributed by atoms with Gasteiger partial charge >= 0.3 is 0 Å². The van der Waals surface area contributed by atoms with Crippen LogP contribution in [0.5, 0.6) is 0 Å². The van der Waals surface area contributed by atoms with Crippen molar-refractivity contribution in [2.24, 2.45) is 0 Å². The highest BCUT2D eigenvalue weighted by Crippen LogP contribution is 2.01. The van der Waals surface area contributed by atoms with E-state index in [4.69, 9.17) is 12.2 Å². The minimum Gasteiger partial charge on any atom is -0.335 e. The van der Waals surface area contributed by atoms with Crippen LogP contribution in [0.15, 0.2) is 6.20 Å². The number of hydrogen-bond donors (Lipinski definition) is 1. The highest BCUT2D eigenvalue weighted by atomic mass is 32.1. The van der Waals surface area contributed by atoms with E-state index in [1.165, 1.54) is 0 Å². The molecule has 0 amide bonds. The molecule has 1 heterocycles. The maximum Gasteiger partial charge on any atom is 0.177 e. The number of aromatic amines is 1. The van der Waals surface area contributed by atoms with Gasteiger partial charge in [0.25, 0.3) is 0 Å². The number of aryl methyl sites for hydroxylation is 1. The Morgan fingerprint density at radius 3 is 2.62 bits per heavy atom. The van der Waals surface area contributed by atoms with Gasteiger partial charge in [0.15, 0.2) is 4.77 Å². The summed E-state index contributed by atoms with van der Waals surface area (Å²) in [5.74, 6) is 0. The van der Waals surface area contributed by atoms with Crippen LogP contribution in [0.1, 0.15) is 12.6 Å². The summed E-state index contributed by atoms with van der Waals surface area (Å²) in [6.07, 6.45) is 2.06. The third-order valence-electron chi connectivity index (χ3n) is 2.26. The molecule has 0 aromatic carbocycles. The molecule has 3 nitrogen and oxygen atoms in total. The molecule has 0 radical (unpaired) electrons. The summed E-state index contributed by atoms with van der Waals surface area (Å²) in [7, 11) is 4.15. The first-order valence-electron chi connectivity index (χ1n) is 4.43. The number of nitrogens with one attached hydrogen (secondary N) is 1. The lowest BCUT2D eigenvalue weighted by atomic mass is 10.3. The van der Waals surface area contributed by atoms with E-state index < -0.39 is 0 Å². The number of nitrogens with zero attached hydrogens (tertiary/aromatic N) is 2. The van der Waals surface area contributed by atoms with Gasteiger partial charge in [-0.15, -0.1) is 0 Å². The maximum absolute atomic E-state index is 5.17. The number of likely N-dealkylation sites (N-methyl/N-ethyl adjacent to an activating group) is 1. The van der Waals surface area contributed by atoms with Gasteiger partial charge in [0, 0.05) is 24.5 Å². The van der Waals surface area contributed by atoms with E-state index >= 15 is 0 Å². The van der Waals surface area contributed by atoms with Crippen LogP contribution in [0.2, 0.25) is 0 Å². The highest BCUT2D eigenvalue weighted by Gasteiger charge is 2.06. The van der Waals surface area contributed by atoms with Gasteiger partial charge in [-0.2, -0.15) is 0 Å². The van der Waals surface area contributed by atoms with E-state index in [1.807, 2.05) is 6.92 Å². The van der Waals surface area contributed by atoms with E-state index in [2.05, 4.69) is 41.7 Å². The molecule has 1 aromatic rings. The topological polar surface area (TPSA) is 24.0 Å². The normalized spacial score (nSPS) is 13.6. The Bertz CT molecular complexity index is 324. The Kier molecular flexibility index (Phi) is 3.27. The Morgan fingerprint density at radius 2 is 2.23 bits per heavy atom. The molecule has 0 aliphatic rings. The predicted molar refractivity (Wildman–Crippen MR) is 57.5 cm³/mol. The van der Waals surface area contributed by atoms with Crippen molar-refractivity contribution in [2.45, 2.75) is 26.4 Å². The average molecular weight is 199 g/mol. The molecule has 0 saturated carbocycles. The molecule has 1 N–H and O–H groups in total. The van der Waals surface area contributed by atoms with Crippen molar-refractivity contribution in [1.82, 2.24) is 14.5 Å². The molecule has 1 atom stereocenters. The highest BCUT2D eigenvalue weighted by molar-refractivity contribution is 7.71. The second-order valence-corrected chi connectivity index (χ2v) is 4.09. The fourth-order valence-electron chi connectivity index (χ4n) is 1.15. The van der Waals surface area contributed by atoms with Gasteiger partial charge in [0.2, 0.25) is 0 Å². The number of rotatable bonds is 3. The maximum atomic E-state index is 5.17. The molecule has 0 saturated heterocycles. The van der Waals surface area contributed by atoms with Gasteiger partial charge in [-0.05, 0) is 40.2 Å². The second-order valence-electron chi connectivity index (χ2n) is 3.71. The first kappa shape index (κ1) is 10.5. The molecular weight excluding hydrogens is 182 g/mol. The molecule has 0 bridgehead atoms. The fraction of sp³-hybridized carbons (Fsp3) is 0.667. The van der Waals surface area contributed by atoms with Crippen LogP contribution in [0.3, 0.4) is 0 Å². The summed E-state index contributed by atoms with van der Waals surface area (Å²) in [6.45, 7) is 5.15. The zero-order valence-electron chi connectivity index (χ0n) is 8.66. The van der Waals surface area contributed by atoms with E-state index in [0.717, 1.165) is 17.0 Å². The van der Waals surface area contributed by atoms with Crippen molar-refractivity contribution >= 4 is 12.2 Å². The van der Waals surface area contributed by atoms with Crippen molar-refractivity contribution in [3.8, 4) is 0 Å². The van der Waals surface area contributed by atoms with Crippen LogP contribution in [-0.4, -0.2) is 34.6 Å². The third-order valence-corrected chi connectivity index (χ3v) is 2.59. The number of H-pyrrole nitrogens is 1. The lowest BCUT2D eigenvalue weighted by molar-refractivity contribution is 0.283. The quantitative estimate of drug-likeness (QED) is 0.751. The summed E-state index contributed by atoms with van der Waals surface area (Å²) in [5.41, 5.74) is 1.12. The van der Waals surface area contributed by atoms with Gasteiger partial charge in [-0.3, -0.25) is 0 Å². The van der Waals surface area contributed by atoms with Crippen LogP contribution >= 0.6 is 12.2 Å². The first-order chi connectivity index (χ1) is 6.00. The first-order valence-corrected chi connectivity index (χ1v) is 4.84. The smallest absolute Gasteiger partial charge is 0.177 e. The summed E-state index contributed by atoms with van der Waals surface area (Å²) in [6, 6.07) is 0.502. The molecule has 0 aliphatic heterocycles. The lowest BCUT2D eigenvalue weighted by Gasteiger charge is -2.19. The molecule has 13 heavy (non-hydrogen) atoms. The van der Waals surface area contributed by atoms with Crippen molar-refractivity contribution < 1.29 is 0 Å². The zero-order chi connectivity index (χ0) is 10.0. The molecular formula is C9H17N3S. The van der Waals surface area contributed by atoms with Gasteiger partial charge in [0.05, 0.1) is 0 Å². The van der Waals surface area contributed by atoms with Crippen molar-refractivity contribution in [1.29, 1.82) is 0 Å². The molecule has 1 rings (SSSR count). The lowest BCUT2D eigenvalue weighted by Crippen LogP contribution is -2.29. The third kappa shape index (κ3) is 2.67. The largest absolute Gasteiger partial charge is 0.335 e. The molecule has 74 valence electrons. The van der Waals surface area contributed by atoms with E-state index in [-0.39, 0.29) is 0 Å². The van der Waals surface area contributed by atoms with Crippen LogP contribution in [0.4, 0.5) is 0 Å². The van der Waals surface area contributed by atoms with Crippen LogP contribution < -0.4 is 0 Å². The second kappa shape index (κ2) is 4.07. The van der Waals surface area contributed by atoms with Crippen molar-refractivity contribution in [3.05, 3.63) is 16.7 Å². The van der Waals surface area contributed by atoms with Crippen LogP contribution in [0, 0.1) is 11.7 Å². The van der Waals surface area contributed by atoms with E-state index in [1.54, 1.807) is 0 Å². The minimum atomic E-state index is 0.502. The molecule has 4 heteroatoms. The zero-order valence-corrected chi connectivity index (χ0v) is 9.48. The Morgan fingerprint density at radius 1 is 1.62 bits per heavy atom. The van der Waals surface area contributed by atoms with Gasteiger partial charge in [-0.1, -0.05) is 0 Å². The Hall–Kier alpha value is -0.610. The van der Waals surface area contributed by atoms with Crippen molar-refractivity contribution in [3.63, 3.8) is 0 Å². The van der Waals surface area contributed by atoms with Crippen molar-refractivity contribution in [2.75, 3.05) is 14.1 Å². The summed E-state index contributed by atoms with van der Waals surface area (Å²) >= 11 is 5.17. The fourth-order valence-corrected chi connectivity index (χ4v) is 1.44. The molecule has 0 aliphatic carbocycles. The van der Waals surface area contributed by atoms with Gasteiger partial charge in [0.1, 0.15) is 0 Å². The van der Waals surface area contributed by atoms with E-state index in [9.17, 15) is 0 Å². The predicted octanol–water partition coefficient (Wildman–Crippen LogP) is 1.80. The SMILES string of the molecule is Cc1cn(CC(C)N(C)C)c(=S)[nH]1. The minimum absolute atomic E-state index is 0.502. The van der Waals surface area contributed by atoms with Crippen LogP contribution in [-0.2, 0) is 6.54 Å².